The van der Waals surface area contributed by atoms with Gasteiger partial charge in [0.2, 0.25) is 5.91 Å². The van der Waals surface area contributed by atoms with E-state index >= 15 is 0 Å². The molecule has 1 unspecified atom stereocenters. The zero-order valence-corrected chi connectivity index (χ0v) is 15.3. The monoisotopic (exact) mass is 364 g/mol. The van der Waals surface area contributed by atoms with Gasteiger partial charge in [-0.1, -0.05) is 50.2 Å². The summed E-state index contributed by atoms with van der Waals surface area (Å²) in [5, 5.41) is 2.46. The van der Waals surface area contributed by atoms with E-state index in [-0.39, 0.29) is 17.9 Å². The van der Waals surface area contributed by atoms with Gasteiger partial charge in [-0.05, 0) is 41.7 Å². The number of nitrogens with one attached hydrogen (secondary N) is 1. The maximum Gasteiger partial charge on any atom is 0.409 e. The van der Waals surface area contributed by atoms with Crippen molar-refractivity contribution in [2.75, 3.05) is 0 Å². The molecule has 26 heavy (non-hydrogen) atoms. The van der Waals surface area contributed by atoms with E-state index in [1.165, 1.54) is 6.07 Å². The minimum atomic E-state index is -4.53. The van der Waals surface area contributed by atoms with Crippen LogP contribution in [-0.2, 0) is 4.79 Å². The number of amides is 1. The number of benzene rings is 2. The molecule has 1 N–H and O–H groups in total. The molecule has 2 aromatic carbocycles. The maximum absolute atomic E-state index is 14.2. The summed E-state index contributed by atoms with van der Waals surface area (Å²) in [5.41, 5.74) is 2.55. The molecule has 0 saturated carbocycles. The highest BCUT2D eigenvalue weighted by Crippen LogP contribution is 2.45. The fourth-order valence-corrected chi connectivity index (χ4v) is 3.79. The lowest BCUT2D eigenvalue weighted by molar-refractivity contribution is -0.203. The summed E-state index contributed by atoms with van der Waals surface area (Å²) in [4.78, 5) is 11.9. The van der Waals surface area contributed by atoms with Gasteiger partial charge < -0.3 is 0 Å². The van der Waals surface area contributed by atoms with Gasteiger partial charge in [0.15, 0.2) is 6.04 Å². The van der Waals surface area contributed by atoms with E-state index in [2.05, 4.69) is 5.43 Å². The fourth-order valence-electron chi connectivity index (χ4n) is 3.79. The molecular weight excluding hydrogens is 341 g/mol. The third kappa shape index (κ3) is 3.18. The van der Waals surface area contributed by atoms with Crippen LogP contribution in [0.4, 0.5) is 13.2 Å². The number of halogens is 3. The third-order valence-electron chi connectivity index (χ3n) is 4.94. The van der Waals surface area contributed by atoms with Crippen LogP contribution < -0.4 is 5.43 Å². The van der Waals surface area contributed by atoms with Gasteiger partial charge in [0.05, 0.1) is 0 Å². The van der Waals surface area contributed by atoms with Crippen molar-refractivity contribution in [2.24, 2.45) is 0 Å². The quantitative estimate of drug-likeness (QED) is 0.823. The summed E-state index contributed by atoms with van der Waals surface area (Å²) < 4.78 is 42.6. The molecule has 1 amide bonds. The van der Waals surface area contributed by atoms with Gasteiger partial charge in [-0.3, -0.25) is 10.2 Å². The molecule has 1 aliphatic heterocycles. The molecule has 2 aromatic rings. The first-order chi connectivity index (χ1) is 12.0. The van der Waals surface area contributed by atoms with E-state index in [1.807, 2.05) is 38.1 Å². The second-order valence-corrected chi connectivity index (χ2v) is 7.79. The Balaban J connectivity index is 2.28. The standard InChI is InChI=1S/C20H23F3N2O/c1-12(2)14-9-5-7-13-8-6-10-15(17(13)14)18(20(21,22)23)25-19(3,4)11-16(26)24-25/h5-10,12,18H,11H2,1-4H3,(H,24,26). The summed E-state index contributed by atoms with van der Waals surface area (Å²) in [7, 11) is 0. The van der Waals surface area contributed by atoms with Crippen molar-refractivity contribution < 1.29 is 18.0 Å². The van der Waals surface area contributed by atoms with Gasteiger partial charge in [0.1, 0.15) is 0 Å². The average molecular weight is 364 g/mol. The minimum absolute atomic E-state index is 0.0292. The first kappa shape index (κ1) is 18.7. The molecule has 1 heterocycles. The predicted octanol–water partition coefficient (Wildman–Crippen LogP) is 5.08. The minimum Gasteiger partial charge on any atom is -0.287 e. The maximum atomic E-state index is 14.2. The number of hydrazine groups is 1. The van der Waals surface area contributed by atoms with E-state index in [0.717, 1.165) is 16.0 Å². The Kier molecular flexibility index (Phi) is 4.51. The molecule has 0 aliphatic carbocycles. The van der Waals surface area contributed by atoms with Crippen LogP contribution in [0, 0.1) is 0 Å². The van der Waals surface area contributed by atoms with E-state index in [0.29, 0.717) is 5.39 Å². The van der Waals surface area contributed by atoms with Crippen LogP contribution in [0.2, 0.25) is 0 Å². The molecule has 1 atom stereocenters. The summed E-state index contributed by atoms with van der Waals surface area (Å²) in [6.45, 7) is 7.24. The van der Waals surface area contributed by atoms with Gasteiger partial charge in [0, 0.05) is 12.0 Å². The van der Waals surface area contributed by atoms with Crippen molar-refractivity contribution in [3.8, 4) is 0 Å². The zero-order valence-electron chi connectivity index (χ0n) is 15.3. The molecule has 6 heteroatoms. The van der Waals surface area contributed by atoms with Crippen LogP contribution in [0.1, 0.15) is 57.2 Å². The van der Waals surface area contributed by atoms with Crippen LogP contribution in [-0.4, -0.2) is 22.6 Å². The molecule has 3 rings (SSSR count). The first-order valence-electron chi connectivity index (χ1n) is 8.69. The molecule has 0 aromatic heterocycles. The van der Waals surface area contributed by atoms with Crippen molar-refractivity contribution in [3.05, 3.63) is 47.5 Å². The molecule has 0 spiro atoms. The number of carbonyl (C=O) groups is 1. The molecule has 3 nitrogen and oxygen atoms in total. The molecule has 0 bridgehead atoms. The molecule has 0 radical (unpaired) electrons. The predicted molar refractivity (Wildman–Crippen MR) is 95.5 cm³/mol. The van der Waals surface area contributed by atoms with Gasteiger partial charge in [-0.2, -0.15) is 18.2 Å². The Morgan fingerprint density at radius 2 is 1.65 bits per heavy atom. The highest BCUT2D eigenvalue weighted by Gasteiger charge is 2.53. The van der Waals surface area contributed by atoms with Gasteiger partial charge in [0.25, 0.3) is 0 Å². The highest BCUT2D eigenvalue weighted by atomic mass is 19.4. The smallest absolute Gasteiger partial charge is 0.287 e. The molecule has 1 fully saturated rings. The lowest BCUT2D eigenvalue weighted by Gasteiger charge is -2.38. The summed E-state index contributed by atoms with van der Waals surface area (Å²) in [6.07, 6.45) is -4.51. The molecular formula is C20H23F3N2O. The number of carbonyl (C=O) groups excluding carboxylic acids is 1. The molecule has 1 aliphatic rings. The van der Waals surface area contributed by atoms with Crippen LogP contribution in [0.15, 0.2) is 36.4 Å². The Morgan fingerprint density at radius 3 is 2.12 bits per heavy atom. The SMILES string of the molecule is CC(C)c1cccc2cccc(C(N3NC(=O)CC3(C)C)C(F)(F)F)c12. The van der Waals surface area contributed by atoms with Crippen molar-refractivity contribution in [1.82, 2.24) is 10.4 Å². The number of hydrogen-bond acceptors (Lipinski definition) is 2. The number of hydrogen-bond donors (Lipinski definition) is 1. The fraction of sp³-hybridized carbons (Fsp3) is 0.450. The van der Waals surface area contributed by atoms with Crippen molar-refractivity contribution in [3.63, 3.8) is 0 Å². The lowest BCUT2D eigenvalue weighted by atomic mass is 9.88. The van der Waals surface area contributed by atoms with Gasteiger partial charge >= 0.3 is 6.18 Å². The van der Waals surface area contributed by atoms with E-state index in [9.17, 15) is 18.0 Å². The van der Waals surface area contributed by atoms with Crippen LogP contribution in [0.25, 0.3) is 10.8 Å². The Morgan fingerprint density at radius 1 is 1.08 bits per heavy atom. The number of nitrogens with zero attached hydrogens (tertiary/aromatic N) is 1. The first-order valence-corrected chi connectivity index (χ1v) is 8.69. The van der Waals surface area contributed by atoms with E-state index in [4.69, 9.17) is 0 Å². The van der Waals surface area contributed by atoms with Crippen LogP contribution >= 0.6 is 0 Å². The number of alkyl halides is 3. The summed E-state index contributed by atoms with van der Waals surface area (Å²) >= 11 is 0. The van der Waals surface area contributed by atoms with Gasteiger partial charge in [-0.25, -0.2) is 0 Å². The number of rotatable bonds is 3. The number of fused-ring (bicyclic) bond motifs is 1. The summed E-state index contributed by atoms with van der Waals surface area (Å²) in [6, 6.07) is 8.65. The second kappa shape index (κ2) is 6.27. The zero-order chi connectivity index (χ0) is 19.3. The van der Waals surface area contributed by atoms with Crippen LogP contribution in [0.5, 0.6) is 0 Å². The van der Waals surface area contributed by atoms with E-state index in [1.54, 1.807) is 19.9 Å². The third-order valence-corrected chi connectivity index (χ3v) is 4.94. The van der Waals surface area contributed by atoms with Crippen molar-refractivity contribution in [2.45, 2.75) is 57.8 Å². The lowest BCUT2D eigenvalue weighted by Crippen LogP contribution is -2.51. The Labute approximate surface area is 151 Å². The Hall–Kier alpha value is -2.08. The topological polar surface area (TPSA) is 32.3 Å². The average Bonchev–Trinajstić information content (AvgIpc) is 2.78. The van der Waals surface area contributed by atoms with Crippen molar-refractivity contribution in [1.29, 1.82) is 0 Å². The molecule has 140 valence electrons. The Bertz CT molecular complexity index is 837. The van der Waals surface area contributed by atoms with Gasteiger partial charge in [-0.15, -0.1) is 0 Å². The van der Waals surface area contributed by atoms with Crippen molar-refractivity contribution >= 4 is 16.7 Å². The highest BCUT2D eigenvalue weighted by molar-refractivity contribution is 5.90. The van der Waals surface area contributed by atoms with Crippen LogP contribution in [0.3, 0.4) is 0 Å². The van der Waals surface area contributed by atoms with E-state index < -0.39 is 23.7 Å². The second-order valence-electron chi connectivity index (χ2n) is 7.79. The summed E-state index contributed by atoms with van der Waals surface area (Å²) in [5.74, 6) is -0.316. The largest absolute Gasteiger partial charge is 0.409 e. The molecule has 1 saturated heterocycles. The normalized spacial score (nSPS) is 19.2.